The van der Waals surface area contributed by atoms with Gasteiger partial charge in [0.15, 0.2) is 11.5 Å². The molecule has 0 saturated carbocycles. The van der Waals surface area contributed by atoms with E-state index < -0.39 is 0 Å². The maximum absolute atomic E-state index is 12.5. The molecule has 156 valence electrons. The van der Waals surface area contributed by atoms with Gasteiger partial charge in [-0.05, 0) is 36.6 Å². The van der Waals surface area contributed by atoms with Crippen molar-refractivity contribution in [2.75, 3.05) is 13.7 Å². The normalized spacial score (nSPS) is 11.4. The number of rotatable bonds is 10. The number of aryl methyl sites for hydroxylation is 1. The first-order valence-corrected chi connectivity index (χ1v) is 9.83. The van der Waals surface area contributed by atoms with E-state index in [0.29, 0.717) is 24.7 Å². The molecule has 2 N–H and O–H groups in total. The highest BCUT2D eigenvalue weighted by atomic mass is 16.5. The van der Waals surface area contributed by atoms with Crippen molar-refractivity contribution < 1.29 is 19.1 Å². The third-order valence-electron chi connectivity index (χ3n) is 4.43. The molecule has 0 aliphatic rings. The monoisotopic (exact) mass is 398 g/mol. The first-order chi connectivity index (χ1) is 13.9. The van der Waals surface area contributed by atoms with Crippen LogP contribution in [0.2, 0.25) is 0 Å². The van der Waals surface area contributed by atoms with Gasteiger partial charge < -0.3 is 20.1 Å². The minimum Gasteiger partial charge on any atom is -0.493 e. The van der Waals surface area contributed by atoms with E-state index in [1.165, 1.54) is 6.92 Å². The maximum atomic E-state index is 12.5. The Kier molecular flexibility index (Phi) is 8.52. The lowest BCUT2D eigenvalue weighted by Gasteiger charge is -2.18. The second-order valence-corrected chi connectivity index (χ2v) is 6.98. The van der Waals surface area contributed by atoms with Crippen molar-refractivity contribution in [1.82, 2.24) is 10.6 Å². The summed E-state index contributed by atoms with van der Waals surface area (Å²) in [6.45, 7) is 6.48. The molecule has 6 nitrogen and oxygen atoms in total. The van der Waals surface area contributed by atoms with E-state index >= 15 is 0 Å². The summed E-state index contributed by atoms with van der Waals surface area (Å²) in [4.78, 5) is 24.1. The van der Waals surface area contributed by atoms with Crippen LogP contribution in [0, 0.1) is 6.92 Å². The average Bonchev–Trinajstić information content (AvgIpc) is 2.70. The summed E-state index contributed by atoms with van der Waals surface area (Å²) in [5.74, 6) is 1.01. The van der Waals surface area contributed by atoms with Crippen molar-refractivity contribution in [2.45, 2.75) is 46.2 Å². The molecule has 1 unspecified atom stereocenters. The Hall–Kier alpha value is -3.02. The molecule has 0 aliphatic heterocycles. The minimum absolute atomic E-state index is 0.144. The molecule has 2 aromatic rings. The van der Waals surface area contributed by atoms with Gasteiger partial charge in [-0.3, -0.25) is 9.59 Å². The van der Waals surface area contributed by atoms with Gasteiger partial charge in [-0.15, -0.1) is 0 Å². The molecule has 2 aromatic carbocycles. The molecule has 0 aliphatic carbocycles. The van der Waals surface area contributed by atoms with Gasteiger partial charge in [0.05, 0.1) is 26.2 Å². The van der Waals surface area contributed by atoms with E-state index in [1.807, 2.05) is 56.3 Å². The summed E-state index contributed by atoms with van der Waals surface area (Å²) < 4.78 is 11.0. The molecule has 0 heterocycles. The topological polar surface area (TPSA) is 76.7 Å². The highest BCUT2D eigenvalue weighted by molar-refractivity contribution is 5.79. The molecule has 29 heavy (non-hydrogen) atoms. The van der Waals surface area contributed by atoms with Crippen molar-refractivity contribution in [3.8, 4) is 11.5 Å². The lowest BCUT2D eigenvalue weighted by atomic mass is 10.0. The van der Waals surface area contributed by atoms with Crippen LogP contribution >= 0.6 is 0 Å². The zero-order valence-electron chi connectivity index (χ0n) is 17.6. The van der Waals surface area contributed by atoms with E-state index in [-0.39, 0.29) is 24.3 Å². The van der Waals surface area contributed by atoms with Crippen LogP contribution in [0.5, 0.6) is 11.5 Å². The van der Waals surface area contributed by atoms with Gasteiger partial charge in [-0.2, -0.15) is 0 Å². The zero-order valence-corrected chi connectivity index (χ0v) is 17.6. The van der Waals surface area contributed by atoms with Gasteiger partial charge in [0.1, 0.15) is 0 Å². The number of carbonyl (C=O) groups is 2. The summed E-state index contributed by atoms with van der Waals surface area (Å²) >= 11 is 0. The van der Waals surface area contributed by atoms with E-state index in [2.05, 4.69) is 10.6 Å². The number of ether oxygens (including phenoxy) is 2. The predicted molar refractivity (Wildman–Crippen MR) is 113 cm³/mol. The number of carbonyl (C=O) groups excluding carboxylic acids is 2. The van der Waals surface area contributed by atoms with Crippen molar-refractivity contribution in [1.29, 1.82) is 0 Å². The van der Waals surface area contributed by atoms with Crippen LogP contribution in [0.25, 0.3) is 0 Å². The van der Waals surface area contributed by atoms with Gasteiger partial charge in [-0.1, -0.05) is 42.8 Å². The molecule has 0 aromatic heterocycles. The van der Waals surface area contributed by atoms with Crippen molar-refractivity contribution in [2.24, 2.45) is 0 Å². The van der Waals surface area contributed by atoms with Crippen molar-refractivity contribution in [3.05, 3.63) is 59.2 Å². The van der Waals surface area contributed by atoms with Gasteiger partial charge >= 0.3 is 0 Å². The molecule has 2 amide bonds. The van der Waals surface area contributed by atoms with Crippen LogP contribution in [0.3, 0.4) is 0 Å². The molecule has 0 radical (unpaired) electrons. The van der Waals surface area contributed by atoms with Crippen LogP contribution in [-0.2, 0) is 16.1 Å². The lowest BCUT2D eigenvalue weighted by molar-refractivity contribution is -0.122. The standard InChI is InChI=1S/C23H30N2O4/c1-5-12-29-21-11-8-18(13-22(21)28-4)15-24-23(27)14-20(25-17(3)26)19-9-6-16(2)7-10-19/h6-11,13,20H,5,12,14-15H2,1-4H3,(H,24,27)(H,25,26). The highest BCUT2D eigenvalue weighted by Crippen LogP contribution is 2.28. The largest absolute Gasteiger partial charge is 0.493 e. The number of hydrogen-bond donors (Lipinski definition) is 2. The Balaban J connectivity index is 1.99. The Morgan fingerprint density at radius 2 is 1.79 bits per heavy atom. The highest BCUT2D eigenvalue weighted by Gasteiger charge is 2.17. The Morgan fingerprint density at radius 3 is 2.41 bits per heavy atom. The zero-order chi connectivity index (χ0) is 21.2. The summed E-state index contributed by atoms with van der Waals surface area (Å²) in [7, 11) is 1.59. The van der Waals surface area contributed by atoms with Crippen LogP contribution in [0.1, 0.15) is 49.4 Å². The molecule has 0 fully saturated rings. The van der Waals surface area contributed by atoms with Gasteiger partial charge in [-0.25, -0.2) is 0 Å². The van der Waals surface area contributed by atoms with Crippen molar-refractivity contribution in [3.63, 3.8) is 0 Å². The second kappa shape index (κ2) is 11.1. The summed E-state index contributed by atoms with van der Waals surface area (Å²) in [6.07, 6.45) is 1.08. The number of hydrogen-bond acceptors (Lipinski definition) is 4. The first kappa shape index (κ1) is 22.3. The molecule has 6 heteroatoms. The van der Waals surface area contributed by atoms with Gasteiger partial charge in [0.25, 0.3) is 0 Å². The fraction of sp³-hybridized carbons (Fsp3) is 0.391. The van der Waals surface area contributed by atoms with Gasteiger partial charge in [0.2, 0.25) is 11.8 Å². The SMILES string of the molecule is CCCOc1ccc(CNC(=O)CC(NC(C)=O)c2ccc(C)cc2)cc1OC. The van der Waals surface area contributed by atoms with Crippen LogP contribution in [-0.4, -0.2) is 25.5 Å². The molecular weight excluding hydrogens is 368 g/mol. The Morgan fingerprint density at radius 1 is 1.07 bits per heavy atom. The van der Waals surface area contributed by atoms with E-state index in [9.17, 15) is 9.59 Å². The third-order valence-corrected chi connectivity index (χ3v) is 4.43. The smallest absolute Gasteiger partial charge is 0.222 e. The fourth-order valence-electron chi connectivity index (χ4n) is 2.91. The number of methoxy groups -OCH3 is 1. The van der Waals surface area contributed by atoms with Crippen LogP contribution in [0.15, 0.2) is 42.5 Å². The van der Waals surface area contributed by atoms with Crippen LogP contribution < -0.4 is 20.1 Å². The molecule has 0 bridgehead atoms. The number of amides is 2. The number of nitrogens with one attached hydrogen (secondary N) is 2. The summed E-state index contributed by atoms with van der Waals surface area (Å²) in [5.41, 5.74) is 2.94. The Bertz CT molecular complexity index is 818. The van der Waals surface area contributed by atoms with E-state index in [1.54, 1.807) is 7.11 Å². The summed E-state index contributed by atoms with van der Waals surface area (Å²) in [5, 5.41) is 5.76. The minimum atomic E-state index is -0.368. The maximum Gasteiger partial charge on any atom is 0.222 e. The van der Waals surface area contributed by atoms with Crippen LogP contribution in [0.4, 0.5) is 0 Å². The first-order valence-electron chi connectivity index (χ1n) is 9.83. The van der Waals surface area contributed by atoms with Gasteiger partial charge in [0, 0.05) is 13.5 Å². The molecule has 0 saturated heterocycles. The molecule has 2 rings (SSSR count). The summed E-state index contributed by atoms with van der Waals surface area (Å²) in [6, 6.07) is 13.0. The molecule has 1 atom stereocenters. The second-order valence-electron chi connectivity index (χ2n) is 6.98. The van der Waals surface area contributed by atoms with E-state index in [4.69, 9.17) is 9.47 Å². The lowest BCUT2D eigenvalue weighted by Crippen LogP contribution is -2.32. The molecule has 0 spiro atoms. The van der Waals surface area contributed by atoms with E-state index in [0.717, 1.165) is 23.1 Å². The fourth-order valence-corrected chi connectivity index (χ4v) is 2.91. The third kappa shape index (κ3) is 7.14. The number of benzene rings is 2. The quantitative estimate of drug-likeness (QED) is 0.640. The van der Waals surface area contributed by atoms with Crippen molar-refractivity contribution >= 4 is 11.8 Å². The molecular formula is C23H30N2O4. The Labute approximate surface area is 172 Å². The average molecular weight is 399 g/mol. The predicted octanol–water partition coefficient (Wildman–Crippen LogP) is 3.68.